The molecule has 2 aliphatic heterocycles. The molecular formula is C54H49BN2OS. The number of thiophene rings is 1. The smallest absolute Gasteiger partial charge is 0.333 e. The van der Waals surface area contributed by atoms with Gasteiger partial charge in [-0.05, 0) is 98.5 Å². The maximum Gasteiger partial charge on any atom is 0.333 e. The molecule has 290 valence electrons. The lowest BCUT2D eigenvalue weighted by atomic mass is 9.43. The van der Waals surface area contributed by atoms with E-state index in [0.29, 0.717) is 0 Å². The molecule has 4 heterocycles. The summed E-state index contributed by atoms with van der Waals surface area (Å²) in [5.41, 5.74) is 16.9. The molecule has 2 aromatic heterocycles. The Morgan fingerprint density at radius 2 is 1.14 bits per heavy atom. The van der Waals surface area contributed by atoms with Crippen molar-refractivity contribution >= 4 is 99.7 Å². The third kappa shape index (κ3) is 5.40. The van der Waals surface area contributed by atoms with Crippen molar-refractivity contribution in [1.29, 1.82) is 0 Å². The van der Waals surface area contributed by atoms with Gasteiger partial charge in [0.05, 0.1) is 5.69 Å². The molecule has 0 radical (unpaired) electrons. The SMILES string of the molecule is CC(C)(C)c1ccc(N2B3c4cc(C(C)(C)C)ccc4N(c4ccc(C(C)(C)C)cc4)c4cc5c(sc6ccccc65)c(c43)-c3ccc4c(oc5ccccc54)c32)cc1. The molecule has 59 heavy (non-hydrogen) atoms. The van der Waals surface area contributed by atoms with Crippen molar-refractivity contribution in [2.75, 3.05) is 9.71 Å². The van der Waals surface area contributed by atoms with Gasteiger partial charge in [-0.2, -0.15) is 0 Å². The van der Waals surface area contributed by atoms with Crippen molar-refractivity contribution in [2.24, 2.45) is 0 Å². The van der Waals surface area contributed by atoms with Crippen LogP contribution in [0.2, 0.25) is 0 Å². The molecule has 0 atom stereocenters. The van der Waals surface area contributed by atoms with Gasteiger partial charge in [-0.25, -0.2) is 0 Å². The molecule has 0 spiro atoms. The molecule has 0 unspecified atom stereocenters. The van der Waals surface area contributed by atoms with Crippen LogP contribution < -0.4 is 20.6 Å². The zero-order valence-electron chi connectivity index (χ0n) is 35.5. The number of hydrogen-bond acceptors (Lipinski definition) is 4. The predicted octanol–water partition coefficient (Wildman–Crippen LogP) is 14.6. The number of furan rings is 1. The van der Waals surface area contributed by atoms with Crippen LogP contribution >= 0.6 is 11.3 Å². The van der Waals surface area contributed by atoms with Crippen LogP contribution in [0.4, 0.5) is 28.4 Å². The van der Waals surface area contributed by atoms with Crippen LogP contribution in [-0.4, -0.2) is 6.85 Å². The monoisotopic (exact) mass is 784 g/mol. The lowest BCUT2D eigenvalue weighted by molar-refractivity contribution is 0.590. The van der Waals surface area contributed by atoms with Gasteiger partial charge in [0, 0.05) is 64.8 Å². The number of para-hydroxylation sites is 1. The van der Waals surface area contributed by atoms with Crippen LogP contribution in [0.25, 0.3) is 53.2 Å². The maximum absolute atomic E-state index is 7.05. The second-order valence-corrected chi connectivity index (χ2v) is 20.9. The first-order chi connectivity index (χ1) is 28.2. The van der Waals surface area contributed by atoms with Crippen molar-refractivity contribution in [1.82, 2.24) is 0 Å². The molecule has 11 rings (SSSR count). The van der Waals surface area contributed by atoms with Gasteiger partial charge in [0.2, 0.25) is 0 Å². The van der Waals surface area contributed by atoms with Crippen LogP contribution in [0.15, 0.2) is 138 Å². The molecule has 9 aromatic rings. The Hall–Kier alpha value is -5.78. The van der Waals surface area contributed by atoms with Gasteiger partial charge in [0.25, 0.3) is 0 Å². The molecule has 0 fully saturated rings. The van der Waals surface area contributed by atoms with Crippen LogP contribution in [-0.2, 0) is 16.2 Å². The summed E-state index contributed by atoms with van der Waals surface area (Å²) in [6, 6.07) is 50.6. The lowest BCUT2D eigenvalue weighted by Crippen LogP contribution is -2.61. The summed E-state index contributed by atoms with van der Waals surface area (Å²) in [7, 11) is 0. The standard InChI is InChI=1S/C54H49BN2OS/c1-52(2,3)32-18-23-35(24-19-32)56-43-29-22-34(54(7,8)9)30-42(43)55-48-44(56)31-41-38-15-11-13-17-46(38)59-51(41)47(48)40-28-27-39-37-14-10-12-16-45(37)58-50(39)49(40)57(55)36-25-20-33(21-26-36)53(4,5)6/h10-31H,1-9H3. The van der Waals surface area contributed by atoms with E-state index in [4.69, 9.17) is 4.42 Å². The highest BCUT2D eigenvalue weighted by Crippen LogP contribution is 2.54. The topological polar surface area (TPSA) is 19.6 Å². The highest BCUT2D eigenvalue weighted by Gasteiger charge is 2.47. The van der Waals surface area contributed by atoms with E-state index in [1.54, 1.807) is 0 Å². The summed E-state index contributed by atoms with van der Waals surface area (Å²) in [5.74, 6) is 0. The number of fused-ring (bicyclic) bond motifs is 12. The van der Waals surface area contributed by atoms with E-state index >= 15 is 0 Å². The Morgan fingerprint density at radius 3 is 1.81 bits per heavy atom. The first-order valence-electron chi connectivity index (χ1n) is 21.0. The fraction of sp³-hybridized carbons (Fsp3) is 0.222. The summed E-state index contributed by atoms with van der Waals surface area (Å²) in [6.07, 6.45) is 0. The quantitative estimate of drug-likeness (QED) is 0.163. The minimum atomic E-state index is -0.135. The van der Waals surface area contributed by atoms with E-state index in [9.17, 15) is 0 Å². The average Bonchev–Trinajstić information content (AvgIpc) is 3.78. The van der Waals surface area contributed by atoms with Crippen molar-refractivity contribution < 1.29 is 4.42 Å². The van der Waals surface area contributed by atoms with Gasteiger partial charge < -0.3 is 14.1 Å². The molecular weight excluding hydrogens is 735 g/mol. The molecule has 5 heteroatoms. The largest absolute Gasteiger partial charge is 0.454 e. The van der Waals surface area contributed by atoms with Crippen LogP contribution in [0, 0.1) is 0 Å². The normalized spacial score (nSPS) is 14.1. The second-order valence-electron chi connectivity index (χ2n) is 19.8. The molecule has 0 saturated heterocycles. The van der Waals surface area contributed by atoms with Gasteiger partial charge in [0.1, 0.15) is 5.58 Å². The number of benzene rings is 7. The highest BCUT2D eigenvalue weighted by molar-refractivity contribution is 7.26. The van der Waals surface area contributed by atoms with E-state index in [1.165, 1.54) is 76.0 Å². The van der Waals surface area contributed by atoms with Gasteiger partial charge in [0.15, 0.2) is 5.58 Å². The molecule has 0 amide bonds. The summed E-state index contributed by atoms with van der Waals surface area (Å²) in [5, 5.41) is 4.88. The fourth-order valence-corrected chi connectivity index (χ4v) is 11.0. The fourth-order valence-electron chi connectivity index (χ4n) is 9.72. The van der Waals surface area contributed by atoms with Gasteiger partial charge in [-0.1, -0.05) is 141 Å². The molecule has 0 N–H and O–H groups in total. The molecule has 0 aliphatic carbocycles. The first kappa shape index (κ1) is 36.3. The predicted molar refractivity (Wildman–Crippen MR) is 256 cm³/mol. The first-order valence-corrected chi connectivity index (χ1v) is 21.9. The van der Waals surface area contributed by atoms with E-state index in [2.05, 4.69) is 205 Å². The van der Waals surface area contributed by atoms with Crippen LogP contribution in [0.1, 0.15) is 79.0 Å². The maximum atomic E-state index is 7.05. The Kier molecular flexibility index (Phi) is 7.62. The summed E-state index contributed by atoms with van der Waals surface area (Å²) < 4.78 is 9.68. The van der Waals surface area contributed by atoms with Gasteiger partial charge in [-0.15, -0.1) is 11.3 Å². The Morgan fingerprint density at radius 1 is 0.525 bits per heavy atom. The molecule has 3 nitrogen and oxygen atoms in total. The van der Waals surface area contributed by atoms with Crippen LogP contribution in [0.5, 0.6) is 0 Å². The number of rotatable bonds is 2. The number of hydrogen-bond donors (Lipinski definition) is 0. The van der Waals surface area contributed by atoms with Crippen molar-refractivity contribution in [3.63, 3.8) is 0 Å². The third-order valence-electron chi connectivity index (χ3n) is 12.9. The highest BCUT2D eigenvalue weighted by atomic mass is 32.1. The van der Waals surface area contributed by atoms with E-state index in [0.717, 1.165) is 33.3 Å². The Bertz CT molecular complexity index is 3170. The second kappa shape index (κ2) is 12.4. The third-order valence-corrected chi connectivity index (χ3v) is 14.1. The summed E-state index contributed by atoms with van der Waals surface area (Å²) in [6.45, 7) is 20.6. The molecule has 7 aromatic carbocycles. The minimum Gasteiger partial charge on any atom is -0.454 e. The van der Waals surface area contributed by atoms with Crippen molar-refractivity contribution in [2.45, 2.75) is 78.6 Å². The number of anilines is 5. The number of nitrogens with zero attached hydrogens (tertiary/aromatic N) is 2. The lowest BCUT2D eigenvalue weighted by Gasteiger charge is -2.46. The van der Waals surface area contributed by atoms with Gasteiger partial charge >= 0.3 is 6.85 Å². The zero-order valence-corrected chi connectivity index (χ0v) is 36.3. The summed E-state index contributed by atoms with van der Waals surface area (Å²) in [4.78, 5) is 5.18. The van der Waals surface area contributed by atoms with E-state index in [1.807, 2.05) is 11.3 Å². The molecule has 0 bridgehead atoms. The van der Waals surface area contributed by atoms with Crippen molar-refractivity contribution in [3.05, 3.63) is 150 Å². The summed E-state index contributed by atoms with van der Waals surface area (Å²) >= 11 is 1.92. The molecule has 0 saturated carbocycles. The van der Waals surface area contributed by atoms with E-state index < -0.39 is 0 Å². The Labute approximate surface area is 352 Å². The minimum absolute atomic E-state index is 0.0268. The molecule has 2 aliphatic rings. The zero-order chi connectivity index (χ0) is 40.7. The van der Waals surface area contributed by atoms with E-state index in [-0.39, 0.29) is 23.1 Å². The van der Waals surface area contributed by atoms with Crippen molar-refractivity contribution in [3.8, 4) is 11.1 Å². The Balaban J connectivity index is 1.32. The average molecular weight is 785 g/mol. The van der Waals surface area contributed by atoms with Gasteiger partial charge in [-0.3, -0.25) is 0 Å². The van der Waals surface area contributed by atoms with Crippen LogP contribution in [0.3, 0.4) is 0 Å².